The average Bonchev–Trinajstić information content (AvgIpc) is 2.42. The first kappa shape index (κ1) is 12.7. The van der Waals surface area contributed by atoms with Gasteiger partial charge in [0.15, 0.2) is 0 Å². The zero-order valence-corrected chi connectivity index (χ0v) is 10.7. The van der Waals surface area contributed by atoms with Crippen LogP contribution in [0.25, 0.3) is 0 Å². The molecule has 5 heteroatoms. The van der Waals surface area contributed by atoms with Crippen molar-refractivity contribution >= 4 is 23.3 Å². The van der Waals surface area contributed by atoms with Crippen molar-refractivity contribution in [2.24, 2.45) is 0 Å². The van der Waals surface area contributed by atoms with E-state index >= 15 is 0 Å². The van der Waals surface area contributed by atoms with Gasteiger partial charge >= 0.3 is 6.03 Å². The zero-order valence-electron chi connectivity index (χ0n) is 9.95. The average molecular weight is 264 g/mol. The second kappa shape index (κ2) is 5.74. The monoisotopic (exact) mass is 263 g/mol. The van der Waals surface area contributed by atoms with Crippen molar-refractivity contribution in [1.82, 2.24) is 4.90 Å². The lowest BCUT2D eigenvalue weighted by Crippen LogP contribution is -2.38. The second-order valence-corrected chi connectivity index (χ2v) is 4.69. The zero-order chi connectivity index (χ0) is 13.0. The molecule has 0 saturated carbocycles. The number of carbonyl (C=O) groups is 1. The van der Waals surface area contributed by atoms with Crippen LogP contribution >= 0.6 is 11.6 Å². The highest BCUT2D eigenvalue weighted by atomic mass is 35.5. The van der Waals surface area contributed by atoms with Crippen molar-refractivity contribution < 1.29 is 4.79 Å². The molecule has 1 heterocycles. The lowest BCUT2D eigenvalue weighted by atomic mass is 10.1. The summed E-state index contributed by atoms with van der Waals surface area (Å²) in [4.78, 5) is 13.8. The van der Waals surface area contributed by atoms with Crippen LogP contribution in [0.2, 0.25) is 5.02 Å². The molecule has 2 amide bonds. The number of benzene rings is 1. The first-order valence-corrected chi connectivity index (χ1v) is 6.34. The molecule has 4 nitrogen and oxygen atoms in total. The fraction of sp³-hybridized carbons (Fsp3) is 0.385. The highest BCUT2D eigenvalue weighted by Crippen LogP contribution is 2.23. The highest BCUT2D eigenvalue weighted by Gasteiger charge is 2.17. The summed E-state index contributed by atoms with van der Waals surface area (Å²) in [5.41, 5.74) is 0.972. The van der Waals surface area contributed by atoms with Crippen LogP contribution < -0.4 is 5.32 Å². The maximum absolute atomic E-state index is 12.0. The molecule has 1 aromatic carbocycles. The minimum absolute atomic E-state index is 0.147. The highest BCUT2D eigenvalue weighted by molar-refractivity contribution is 6.33. The number of nitrogens with one attached hydrogen (secondary N) is 1. The van der Waals surface area contributed by atoms with Crippen molar-refractivity contribution in [1.29, 1.82) is 5.26 Å². The Labute approximate surface area is 111 Å². The molecule has 18 heavy (non-hydrogen) atoms. The number of hydrogen-bond donors (Lipinski definition) is 1. The Morgan fingerprint density at radius 3 is 2.72 bits per heavy atom. The molecule has 0 aliphatic carbocycles. The van der Waals surface area contributed by atoms with Gasteiger partial charge in [-0.2, -0.15) is 5.26 Å². The van der Waals surface area contributed by atoms with Crippen molar-refractivity contribution in [3.63, 3.8) is 0 Å². The minimum atomic E-state index is -0.147. The Morgan fingerprint density at radius 1 is 1.33 bits per heavy atom. The molecule has 1 aromatic rings. The summed E-state index contributed by atoms with van der Waals surface area (Å²) in [5.74, 6) is 0. The topological polar surface area (TPSA) is 56.1 Å². The van der Waals surface area contributed by atoms with E-state index in [1.807, 2.05) is 6.07 Å². The van der Waals surface area contributed by atoms with Crippen molar-refractivity contribution in [2.75, 3.05) is 18.4 Å². The van der Waals surface area contributed by atoms with Gasteiger partial charge in [0.2, 0.25) is 0 Å². The fourth-order valence-electron chi connectivity index (χ4n) is 1.98. The van der Waals surface area contributed by atoms with Crippen LogP contribution in [0.3, 0.4) is 0 Å². The standard InChI is InChI=1S/C13H14ClN3O/c14-11-5-4-10(9-15)8-12(11)16-13(18)17-6-2-1-3-7-17/h4-5,8H,1-3,6-7H2,(H,16,18). The summed E-state index contributed by atoms with van der Waals surface area (Å²) in [6.45, 7) is 1.56. The number of halogens is 1. The van der Waals surface area contributed by atoms with Gasteiger partial charge in [0.25, 0.3) is 0 Å². The summed E-state index contributed by atoms with van der Waals surface area (Å²) < 4.78 is 0. The largest absolute Gasteiger partial charge is 0.325 e. The molecule has 1 fully saturated rings. The number of amides is 2. The summed E-state index contributed by atoms with van der Waals surface area (Å²) in [5, 5.41) is 12.0. The second-order valence-electron chi connectivity index (χ2n) is 4.28. The lowest BCUT2D eigenvalue weighted by Gasteiger charge is -2.27. The van der Waals surface area contributed by atoms with E-state index in [1.165, 1.54) is 6.42 Å². The number of nitrogens with zero attached hydrogens (tertiary/aromatic N) is 2. The molecule has 1 aliphatic rings. The molecule has 1 aliphatic heterocycles. The lowest BCUT2D eigenvalue weighted by molar-refractivity contribution is 0.200. The van der Waals surface area contributed by atoms with Crippen LogP contribution in [0.4, 0.5) is 10.5 Å². The van der Waals surface area contributed by atoms with E-state index in [-0.39, 0.29) is 6.03 Å². The number of hydrogen-bond acceptors (Lipinski definition) is 2. The number of carbonyl (C=O) groups excluding carboxylic acids is 1. The van der Waals surface area contributed by atoms with E-state index in [0.29, 0.717) is 16.3 Å². The SMILES string of the molecule is N#Cc1ccc(Cl)c(NC(=O)N2CCCCC2)c1. The van der Waals surface area contributed by atoms with E-state index in [0.717, 1.165) is 25.9 Å². The number of likely N-dealkylation sites (tertiary alicyclic amines) is 1. The van der Waals surface area contributed by atoms with Crippen LogP contribution in [0, 0.1) is 11.3 Å². The van der Waals surface area contributed by atoms with Crippen molar-refractivity contribution in [2.45, 2.75) is 19.3 Å². The Bertz CT molecular complexity index is 489. The Hall–Kier alpha value is -1.73. The van der Waals surface area contributed by atoms with Gasteiger partial charge in [-0.15, -0.1) is 0 Å². The summed E-state index contributed by atoms with van der Waals surface area (Å²) >= 11 is 5.99. The molecule has 94 valence electrons. The van der Waals surface area contributed by atoms with E-state index in [1.54, 1.807) is 23.1 Å². The van der Waals surface area contributed by atoms with Gasteiger partial charge < -0.3 is 10.2 Å². The van der Waals surface area contributed by atoms with Crippen LogP contribution in [0.15, 0.2) is 18.2 Å². The first-order chi connectivity index (χ1) is 8.70. The molecule has 0 aromatic heterocycles. The molecular weight excluding hydrogens is 250 g/mol. The van der Waals surface area contributed by atoms with Gasteiger partial charge in [0.1, 0.15) is 0 Å². The normalized spacial score (nSPS) is 15.0. The third-order valence-electron chi connectivity index (χ3n) is 2.98. The third kappa shape index (κ3) is 2.93. The van der Waals surface area contributed by atoms with Gasteiger partial charge in [0.05, 0.1) is 22.3 Å². The number of nitriles is 1. The van der Waals surface area contributed by atoms with Gasteiger partial charge in [-0.05, 0) is 37.5 Å². The molecular formula is C13H14ClN3O. The summed E-state index contributed by atoms with van der Waals surface area (Å²) in [7, 11) is 0. The van der Waals surface area contributed by atoms with E-state index < -0.39 is 0 Å². The summed E-state index contributed by atoms with van der Waals surface area (Å²) in [6, 6.07) is 6.71. The number of rotatable bonds is 1. The number of urea groups is 1. The van der Waals surface area contributed by atoms with Crippen LogP contribution in [-0.4, -0.2) is 24.0 Å². The molecule has 1 saturated heterocycles. The predicted molar refractivity (Wildman–Crippen MR) is 70.6 cm³/mol. The molecule has 0 spiro atoms. The number of anilines is 1. The molecule has 0 radical (unpaired) electrons. The number of piperidine rings is 1. The molecule has 1 N–H and O–H groups in total. The maximum atomic E-state index is 12.0. The quantitative estimate of drug-likeness (QED) is 0.846. The Kier molecular flexibility index (Phi) is 4.06. The van der Waals surface area contributed by atoms with Gasteiger partial charge in [-0.1, -0.05) is 11.6 Å². The molecule has 0 atom stereocenters. The Balaban J connectivity index is 2.08. The minimum Gasteiger partial charge on any atom is -0.325 e. The smallest absolute Gasteiger partial charge is 0.321 e. The van der Waals surface area contributed by atoms with Gasteiger partial charge in [0, 0.05) is 13.1 Å². The first-order valence-electron chi connectivity index (χ1n) is 5.96. The van der Waals surface area contributed by atoms with Crippen molar-refractivity contribution in [3.8, 4) is 6.07 Å². The van der Waals surface area contributed by atoms with E-state index in [4.69, 9.17) is 16.9 Å². The molecule has 2 rings (SSSR count). The fourth-order valence-corrected chi connectivity index (χ4v) is 2.15. The third-order valence-corrected chi connectivity index (χ3v) is 3.31. The molecule has 0 unspecified atom stereocenters. The van der Waals surface area contributed by atoms with Crippen LogP contribution in [0.5, 0.6) is 0 Å². The Morgan fingerprint density at radius 2 is 2.06 bits per heavy atom. The van der Waals surface area contributed by atoms with Gasteiger partial charge in [-0.25, -0.2) is 4.79 Å². The predicted octanol–water partition coefficient (Wildman–Crippen LogP) is 3.23. The summed E-state index contributed by atoms with van der Waals surface area (Å²) in [6.07, 6.45) is 3.26. The van der Waals surface area contributed by atoms with Gasteiger partial charge in [-0.3, -0.25) is 0 Å². The van der Waals surface area contributed by atoms with Crippen LogP contribution in [-0.2, 0) is 0 Å². The van der Waals surface area contributed by atoms with E-state index in [2.05, 4.69) is 5.32 Å². The molecule has 0 bridgehead atoms. The van der Waals surface area contributed by atoms with E-state index in [9.17, 15) is 4.79 Å². The van der Waals surface area contributed by atoms with Crippen molar-refractivity contribution in [3.05, 3.63) is 28.8 Å². The maximum Gasteiger partial charge on any atom is 0.321 e. The van der Waals surface area contributed by atoms with Crippen LogP contribution in [0.1, 0.15) is 24.8 Å².